The Hall–Kier alpha value is 0.0600. The van der Waals surface area contributed by atoms with Crippen LogP contribution in [0, 0.1) is 0 Å². The summed E-state index contributed by atoms with van der Waals surface area (Å²) in [5.41, 5.74) is 0. The van der Waals surface area contributed by atoms with E-state index in [1.54, 1.807) is 7.11 Å². The highest BCUT2D eigenvalue weighted by Crippen LogP contribution is 1.80. The lowest BCUT2D eigenvalue weighted by atomic mass is 11.5. The summed E-state index contributed by atoms with van der Waals surface area (Å²) in [6.45, 7) is 0. The van der Waals surface area contributed by atoms with E-state index in [2.05, 4.69) is 4.74 Å². The molecular weight excluding hydrogens is 143 g/mol. The van der Waals surface area contributed by atoms with E-state index in [4.69, 9.17) is 5.14 Å². The highest BCUT2D eigenvalue weighted by Gasteiger charge is 1.66. The number of ether oxygens (including phenoxy) is 1. The maximum absolute atomic E-state index is 4.93. The Labute approximate surface area is 50.0 Å². The van der Waals surface area contributed by atoms with E-state index < -0.39 is 0 Å². The second-order valence-electron chi connectivity index (χ2n) is 0.573. The molecule has 0 atom stereocenters. The topological polar surface area (TPSA) is 35.2 Å². The van der Waals surface area contributed by atoms with Crippen molar-refractivity contribution in [1.29, 1.82) is 0 Å². The van der Waals surface area contributed by atoms with Gasteiger partial charge in [-0.3, -0.25) is 19.3 Å². The van der Waals surface area contributed by atoms with E-state index in [1.165, 1.54) is 11.9 Å². The largest absolute Gasteiger partial charge is 0.373 e. The van der Waals surface area contributed by atoms with Crippen molar-refractivity contribution in [2.45, 2.75) is 0 Å². The van der Waals surface area contributed by atoms with Gasteiger partial charge in [-0.1, -0.05) is 11.9 Å². The Balaban J connectivity index is -0.0000000267. The smallest absolute Gasteiger partial charge is 0.106 e. The molecule has 8 heavy (non-hydrogen) atoms. The standard InChI is InChI=1S/C2H7NOS.3FH/c1-4-2-5-3;;;/h2-3H2,1H3;3*1H. The minimum Gasteiger partial charge on any atom is -0.373 e. The van der Waals surface area contributed by atoms with Crippen molar-refractivity contribution < 1.29 is 18.9 Å². The number of halogens is 3. The van der Waals surface area contributed by atoms with Gasteiger partial charge < -0.3 is 4.74 Å². The Morgan fingerprint density at radius 1 is 1.38 bits per heavy atom. The van der Waals surface area contributed by atoms with Crippen LogP contribution in [-0.4, -0.2) is 13.0 Å². The predicted octanol–water partition coefficient (Wildman–Crippen LogP) is 0.655. The minimum atomic E-state index is 0. The molecule has 0 spiro atoms. The van der Waals surface area contributed by atoms with Gasteiger partial charge in [0.15, 0.2) is 0 Å². The first-order valence-corrected chi connectivity index (χ1v) is 2.27. The van der Waals surface area contributed by atoms with Crippen LogP contribution in [0.2, 0.25) is 0 Å². The van der Waals surface area contributed by atoms with Gasteiger partial charge in [0.2, 0.25) is 0 Å². The zero-order valence-electron chi connectivity index (χ0n) is 4.33. The molecule has 56 valence electrons. The van der Waals surface area contributed by atoms with Crippen molar-refractivity contribution >= 4 is 11.9 Å². The first-order chi connectivity index (χ1) is 2.41. The van der Waals surface area contributed by atoms with Crippen LogP contribution in [0.15, 0.2) is 0 Å². The molecule has 0 saturated carbocycles. The SMILES string of the molecule is COCSN.F.F.F. The number of methoxy groups -OCH3 is 1. The van der Waals surface area contributed by atoms with E-state index in [1.807, 2.05) is 0 Å². The van der Waals surface area contributed by atoms with E-state index >= 15 is 0 Å². The summed E-state index contributed by atoms with van der Waals surface area (Å²) in [5.74, 6) is 0.583. The third-order valence-corrected chi connectivity index (χ3v) is 0.558. The fourth-order valence-corrected chi connectivity index (χ4v) is 0.204. The van der Waals surface area contributed by atoms with Crippen LogP contribution in [0.1, 0.15) is 0 Å². The Bertz CT molecular complexity index is 24.8. The summed E-state index contributed by atoms with van der Waals surface area (Å²) in [4.78, 5) is 0. The molecule has 0 rings (SSSR count). The zero-order chi connectivity index (χ0) is 4.12. The molecule has 0 aromatic carbocycles. The summed E-state index contributed by atoms with van der Waals surface area (Å²) < 4.78 is 4.53. The molecule has 0 aromatic heterocycles. The van der Waals surface area contributed by atoms with Crippen molar-refractivity contribution in [1.82, 2.24) is 0 Å². The van der Waals surface area contributed by atoms with Gasteiger partial charge in [-0.25, -0.2) is 0 Å². The first-order valence-electron chi connectivity index (χ1n) is 1.22. The van der Waals surface area contributed by atoms with Gasteiger partial charge in [0.25, 0.3) is 0 Å². The fourth-order valence-electron chi connectivity index (χ4n) is 0.0680. The quantitative estimate of drug-likeness (QED) is 0.467. The third kappa shape index (κ3) is 36.6. The second kappa shape index (κ2) is 27.7. The average Bonchev–Trinajstić information content (AvgIpc) is 1.41. The van der Waals surface area contributed by atoms with Gasteiger partial charge in [0.05, 0.1) is 0 Å². The van der Waals surface area contributed by atoms with Crippen molar-refractivity contribution in [2.24, 2.45) is 5.14 Å². The maximum atomic E-state index is 4.93. The molecule has 0 heterocycles. The monoisotopic (exact) mass is 153 g/mol. The van der Waals surface area contributed by atoms with Gasteiger partial charge in [0, 0.05) is 7.11 Å². The molecule has 0 unspecified atom stereocenters. The summed E-state index contributed by atoms with van der Waals surface area (Å²) >= 11 is 1.18. The molecule has 2 nitrogen and oxygen atoms in total. The highest BCUT2D eigenvalue weighted by atomic mass is 32.2. The molecular formula is C2H10F3NOS. The van der Waals surface area contributed by atoms with Crippen LogP contribution < -0.4 is 5.14 Å². The van der Waals surface area contributed by atoms with Gasteiger partial charge in [-0.2, -0.15) is 0 Å². The first kappa shape index (κ1) is 24.4. The van der Waals surface area contributed by atoms with Crippen molar-refractivity contribution in [2.75, 3.05) is 13.0 Å². The van der Waals surface area contributed by atoms with Crippen LogP contribution in [0.25, 0.3) is 0 Å². The average molecular weight is 153 g/mol. The Kier molecular flexibility index (Phi) is 84.4. The van der Waals surface area contributed by atoms with Gasteiger partial charge in [-0.15, -0.1) is 0 Å². The number of rotatable bonds is 2. The van der Waals surface area contributed by atoms with Gasteiger partial charge >= 0.3 is 0 Å². The molecule has 0 aromatic rings. The molecule has 2 N–H and O–H groups in total. The third-order valence-electron chi connectivity index (χ3n) is 0.186. The van der Waals surface area contributed by atoms with E-state index in [-0.39, 0.29) is 14.1 Å². The molecule has 0 fully saturated rings. The second-order valence-corrected chi connectivity index (χ2v) is 1.14. The van der Waals surface area contributed by atoms with Crippen LogP contribution in [0.5, 0.6) is 0 Å². The lowest BCUT2D eigenvalue weighted by Gasteiger charge is -1.84. The highest BCUT2D eigenvalue weighted by molar-refractivity contribution is 7.96. The zero-order valence-corrected chi connectivity index (χ0v) is 5.14. The predicted molar refractivity (Wildman–Crippen MR) is 31.2 cm³/mol. The van der Waals surface area contributed by atoms with Crippen LogP contribution >= 0.6 is 11.9 Å². The Morgan fingerprint density at radius 2 is 1.75 bits per heavy atom. The van der Waals surface area contributed by atoms with Gasteiger partial charge in [0.1, 0.15) is 5.94 Å². The molecule has 0 bridgehead atoms. The number of nitrogens with two attached hydrogens (primary N) is 1. The van der Waals surface area contributed by atoms with Crippen LogP contribution in [-0.2, 0) is 4.74 Å². The lowest BCUT2D eigenvalue weighted by molar-refractivity contribution is 0.259. The van der Waals surface area contributed by atoms with E-state index in [0.29, 0.717) is 5.94 Å². The Morgan fingerprint density at radius 3 is 1.75 bits per heavy atom. The number of hydrogen-bond acceptors (Lipinski definition) is 3. The maximum Gasteiger partial charge on any atom is 0.106 e. The molecule has 0 aliphatic rings. The molecule has 0 saturated heterocycles. The van der Waals surface area contributed by atoms with E-state index in [9.17, 15) is 0 Å². The van der Waals surface area contributed by atoms with Crippen LogP contribution in [0.3, 0.4) is 0 Å². The fraction of sp³-hybridized carbons (Fsp3) is 1.00. The van der Waals surface area contributed by atoms with Crippen molar-refractivity contribution in [3.63, 3.8) is 0 Å². The molecule has 0 radical (unpaired) electrons. The lowest BCUT2D eigenvalue weighted by Crippen LogP contribution is -1.84. The minimum absolute atomic E-state index is 0. The normalized spacial score (nSPS) is 5.25. The molecule has 0 aliphatic heterocycles. The molecule has 0 amide bonds. The van der Waals surface area contributed by atoms with Gasteiger partial charge in [-0.05, 0) is 0 Å². The van der Waals surface area contributed by atoms with Crippen molar-refractivity contribution in [3.05, 3.63) is 0 Å². The molecule has 0 aliphatic carbocycles. The summed E-state index contributed by atoms with van der Waals surface area (Å²) in [6, 6.07) is 0. The van der Waals surface area contributed by atoms with Crippen LogP contribution in [0.4, 0.5) is 14.1 Å². The summed E-state index contributed by atoms with van der Waals surface area (Å²) in [7, 11) is 1.61. The van der Waals surface area contributed by atoms with Crippen molar-refractivity contribution in [3.8, 4) is 0 Å². The summed E-state index contributed by atoms with van der Waals surface area (Å²) in [5, 5.41) is 4.93. The van der Waals surface area contributed by atoms with E-state index in [0.717, 1.165) is 0 Å². The molecule has 6 heteroatoms. The number of hydrogen-bond donors (Lipinski definition) is 1. The summed E-state index contributed by atoms with van der Waals surface area (Å²) in [6.07, 6.45) is 0.